The van der Waals surface area contributed by atoms with Crippen LogP contribution in [0.15, 0.2) is 55.1 Å². The summed E-state index contributed by atoms with van der Waals surface area (Å²) in [6, 6.07) is 9.12. The van der Waals surface area contributed by atoms with Gasteiger partial charge in [-0.1, -0.05) is 18.2 Å². The van der Waals surface area contributed by atoms with Crippen LogP contribution in [-0.2, 0) is 12.1 Å². The van der Waals surface area contributed by atoms with E-state index >= 15 is 0 Å². The van der Waals surface area contributed by atoms with Crippen LogP contribution in [0, 0.1) is 21.7 Å². The Kier molecular flexibility index (Phi) is 7.44. The Balaban J connectivity index is 1.64. The number of hydrogen-bond acceptors (Lipinski definition) is 7. The van der Waals surface area contributed by atoms with Gasteiger partial charge < -0.3 is 14.7 Å². The van der Waals surface area contributed by atoms with Gasteiger partial charge in [-0.2, -0.15) is 5.10 Å². The number of para-hydroxylation sites is 2. The Morgan fingerprint density at radius 2 is 2.06 bits per heavy atom. The number of benzene rings is 2. The van der Waals surface area contributed by atoms with Crippen molar-refractivity contribution in [1.82, 2.24) is 19.7 Å². The summed E-state index contributed by atoms with van der Waals surface area (Å²) in [6.45, 7) is 0.582. The molecule has 0 aliphatic carbocycles. The second kappa shape index (κ2) is 10.2. The Morgan fingerprint density at radius 3 is 2.75 bits per heavy atom. The maximum atomic E-state index is 14.5. The zero-order chi connectivity index (χ0) is 23.1. The molecule has 170 valence electrons. The third-order valence-corrected chi connectivity index (χ3v) is 4.86. The molecule has 11 heteroatoms. The number of likely N-dealkylation sites (N-methyl/N-ethyl adjacent to an activating group) is 1. The summed E-state index contributed by atoms with van der Waals surface area (Å²) >= 11 is 0. The van der Waals surface area contributed by atoms with Crippen LogP contribution < -0.4 is 4.74 Å². The fourth-order valence-corrected chi connectivity index (χ4v) is 3.44. The van der Waals surface area contributed by atoms with Gasteiger partial charge >= 0.3 is 5.69 Å². The van der Waals surface area contributed by atoms with Crippen LogP contribution in [0.1, 0.15) is 12.0 Å². The quantitative estimate of drug-likeness (QED) is 0.274. The van der Waals surface area contributed by atoms with E-state index in [0.29, 0.717) is 13.0 Å². The first kappa shape index (κ1) is 23.2. The minimum absolute atomic E-state index is 0.0148. The number of nitrogens with zero attached hydrogens (tertiary/aromatic N) is 5. The van der Waals surface area contributed by atoms with Gasteiger partial charge in [0.1, 0.15) is 29.9 Å². The Hall–Kier alpha value is -3.44. The van der Waals surface area contributed by atoms with E-state index in [4.69, 9.17) is 4.74 Å². The van der Waals surface area contributed by atoms with E-state index in [-0.39, 0.29) is 36.7 Å². The summed E-state index contributed by atoms with van der Waals surface area (Å²) in [5, 5.41) is 26.4. The fourth-order valence-electron chi connectivity index (χ4n) is 3.44. The second-order valence-electron chi connectivity index (χ2n) is 7.41. The second-order valence-corrected chi connectivity index (χ2v) is 7.41. The molecule has 0 aliphatic rings. The van der Waals surface area contributed by atoms with E-state index in [1.54, 1.807) is 24.1 Å². The van der Waals surface area contributed by atoms with Crippen LogP contribution in [0.2, 0.25) is 0 Å². The molecule has 1 heterocycles. The molecule has 1 unspecified atom stereocenters. The van der Waals surface area contributed by atoms with Crippen LogP contribution in [-0.4, -0.2) is 56.4 Å². The molecule has 1 N–H and O–H groups in total. The lowest BCUT2D eigenvalue weighted by molar-refractivity contribution is -0.385. The zero-order valence-electron chi connectivity index (χ0n) is 17.4. The Labute approximate surface area is 183 Å². The van der Waals surface area contributed by atoms with Gasteiger partial charge in [-0.25, -0.2) is 18.4 Å². The van der Waals surface area contributed by atoms with Gasteiger partial charge in [0.15, 0.2) is 5.75 Å². The van der Waals surface area contributed by atoms with Crippen molar-refractivity contribution < 1.29 is 23.5 Å². The Bertz CT molecular complexity index is 1050. The van der Waals surface area contributed by atoms with Crippen LogP contribution in [0.3, 0.4) is 0 Å². The number of nitro groups is 1. The average molecular weight is 447 g/mol. The van der Waals surface area contributed by atoms with E-state index in [2.05, 4.69) is 10.1 Å². The minimum atomic E-state index is -1.71. The van der Waals surface area contributed by atoms with Gasteiger partial charge in [0.2, 0.25) is 0 Å². The number of hydrogen-bond donors (Lipinski definition) is 1. The molecule has 0 amide bonds. The van der Waals surface area contributed by atoms with E-state index in [0.717, 1.165) is 12.1 Å². The number of rotatable bonds is 11. The maximum absolute atomic E-state index is 14.5. The maximum Gasteiger partial charge on any atom is 0.310 e. The molecule has 2 aromatic carbocycles. The van der Waals surface area contributed by atoms with Crippen molar-refractivity contribution in [2.24, 2.45) is 0 Å². The molecule has 3 aromatic rings. The first-order valence-electron chi connectivity index (χ1n) is 9.83. The van der Waals surface area contributed by atoms with Gasteiger partial charge in [0, 0.05) is 30.8 Å². The van der Waals surface area contributed by atoms with Crippen LogP contribution in [0.4, 0.5) is 14.5 Å². The third kappa shape index (κ3) is 5.83. The van der Waals surface area contributed by atoms with Crippen molar-refractivity contribution in [3.8, 4) is 5.75 Å². The smallest absolute Gasteiger partial charge is 0.310 e. The highest BCUT2D eigenvalue weighted by molar-refractivity contribution is 5.45. The summed E-state index contributed by atoms with van der Waals surface area (Å²) in [5.74, 6) is -1.42. The van der Waals surface area contributed by atoms with Crippen LogP contribution in [0.5, 0.6) is 5.75 Å². The topological polar surface area (TPSA) is 107 Å². The molecule has 1 atom stereocenters. The fraction of sp³-hybridized carbons (Fsp3) is 0.333. The molecule has 0 saturated carbocycles. The van der Waals surface area contributed by atoms with E-state index in [9.17, 15) is 24.0 Å². The largest absolute Gasteiger partial charge is 0.487 e. The summed E-state index contributed by atoms with van der Waals surface area (Å²) in [6.07, 6.45) is 3.19. The Morgan fingerprint density at radius 1 is 1.28 bits per heavy atom. The molecule has 0 radical (unpaired) electrons. The predicted octanol–water partition coefficient (Wildman–Crippen LogP) is 2.75. The summed E-state index contributed by atoms with van der Waals surface area (Å²) < 4.78 is 34.8. The monoisotopic (exact) mass is 447 g/mol. The standard InChI is InChI=1S/C21H23F2N5O4/c1-26(9-4-10-32-20-6-3-2-5-19(20)28(30)31)12-21(29,13-27-15-24-14-25-27)17-8-7-16(22)11-18(17)23/h2-3,5-8,11,14-15,29H,4,9-10,12-13H2,1H3. The van der Waals surface area contributed by atoms with Crippen molar-refractivity contribution in [3.05, 3.63) is 82.4 Å². The predicted molar refractivity (Wildman–Crippen MR) is 111 cm³/mol. The first-order valence-corrected chi connectivity index (χ1v) is 9.83. The zero-order valence-corrected chi connectivity index (χ0v) is 17.4. The first-order chi connectivity index (χ1) is 15.3. The lowest BCUT2D eigenvalue weighted by Gasteiger charge is -2.33. The highest BCUT2D eigenvalue weighted by Crippen LogP contribution is 2.28. The van der Waals surface area contributed by atoms with E-state index < -0.39 is 22.2 Å². The van der Waals surface area contributed by atoms with E-state index in [1.165, 1.54) is 35.5 Å². The molecule has 0 aliphatic heterocycles. The number of ether oxygens (including phenoxy) is 1. The molecular weight excluding hydrogens is 424 g/mol. The molecule has 1 aromatic heterocycles. The van der Waals surface area contributed by atoms with Crippen molar-refractivity contribution in [2.45, 2.75) is 18.6 Å². The van der Waals surface area contributed by atoms with Crippen molar-refractivity contribution >= 4 is 5.69 Å². The summed E-state index contributed by atoms with van der Waals surface area (Å²) in [4.78, 5) is 16.1. The van der Waals surface area contributed by atoms with Gasteiger partial charge in [0.25, 0.3) is 0 Å². The van der Waals surface area contributed by atoms with Crippen LogP contribution in [0.25, 0.3) is 0 Å². The van der Waals surface area contributed by atoms with Gasteiger partial charge in [0.05, 0.1) is 18.1 Å². The molecular formula is C21H23F2N5O4. The lowest BCUT2D eigenvalue weighted by atomic mass is 9.92. The van der Waals surface area contributed by atoms with Gasteiger partial charge in [-0.3, -0.25) is 10.1 Å². The average Bonchev–Trinajstić information content (AvgIpc) is 3.23. The highest BCUT2D eigenvalue weighted by atomic mass is 19.1. The number of aromatic nitrogens is 3. The van der Waals surface area contributed by atoms with Crippen molar-refractivity contribution in [1.29, 1.82) is 0 Å². The molecule has 0 spiro atoms. The van der Waals surface area contributed by atoms with Gasteiger partial charge in [-0.15, -0.1) is 0 Å². The molecule has 0 bridgehead atoms. The molecule has 3 rings (SSSR count). The normalized spacial score (nSPS) is 13.2. The number of nitro benzene ring substituents is 1. The minimum Gasteiger partial charge on any atom is -0.487 e. The summed E-state index contributed by atoms with van der Waals surface area (Å²) in [7, 11) is 1.73. The third-order valence-electron chi connectivity index (χ3n) is 4.86. The van der Waals surface area contributed by atoms with E-state index in [1.807, 2.05) is 0 Å². The van der Waals surface area contributed by atoms with Gasteiger partial charge in [-0.05, 0) is 25.6 Å². The molecule has 0 fully saturated rings. The van der Waals surface area contributed by atoms with Crippen molar-refractivity contribution in [2.75, 3.05) is 26.7 Å². The van der Waals surface area contributed by atoms with Crippen LogP contribution >= 0.6 is 0 Å². The molecule has 9 nitrogen and oxygen atoms in total. The van der Waals surface area contributed by atoms with Crippen molar-refractivity contribution in [3.63, 3.8) is 0 Å². The number of aliphatic hydroxyl groups is 1. The highest BCUT2D eigenvalue weighted by Gasteiger charge is 2.34. The number of halogens is 2. The lowest BCUT2D eigenvalue weighted by Crippen LogP contribution is -2.43. The molecule has 0 saturated heterocycles. The molecule has 32 heavy (non-hydrogen) atoms. The summed E-state index contributed by atoms with van der Waals surface area (Å²) in [5.41, 5.74) is -1.88. The SMILES string of the molecule is CN(CCCOc1ccccc1[N+](=O)[O-])CC(O)(Cn1cncn1)c1ccc(F)cc1F.